The van der Waals surface area contributed by atoms with E-state index in [9.17, 15) is 19.7 Å². The van der Waals surface area contributed by atoms with Crippen LogP contribution in [0.25, 0.3) is 0 Å². The number of nitrogens with one attached hydrogen (secondary N) is 1. The number of amides is 1. The maximum absolute atomic E-state index is 12.0. The van der Waals surface area contributed by atoms with Crippen molar-refractivity contribution >= 4 is 33.5 Å². The van der Waals surface area contributed by atoms with Crippen molar-refractivity contribution in [2.24, 2.45) is 0 Å². The maximum atomic E-state index is 12.0. The standard InChI is InChI=1S/C12H11BrN2O5/c1-2-3-10(12(17)18)14-11(16)8-6-7(15(19)20)4-5-9(8)13/h2,4-6,10H,1,3H2,(H,14,16)(H,17,18). The highest BCUT2D eigenvalue weighted by molar-refractivity contribution is 9.10. The van der Waals surface area contributed by atoms with Crippen LogP contribution in [0.5, 0.6) is 0 Å². The Hall–Kier alpha value is -2.22. The highest BCUT2D eigenvalue weighted by Gasteiger charge is 2.22. The van der Waals surface area contributed by atoms with Crippen molar-refractivity contribution < 1.29 is 19.6 Å². The molecule has 1 rings (SSSR count). The lowest BCUT2D eigenvalue weighted by Crippen LogP contribution is -2.40. The molecule has 7 nitrogen and oxygen atoms in total. The fourth-order valence-corrected chi connectivity index (χ4v) is 1.85. The SMILES string of the molecule is C=CCC(NC(=O)c1cc([N+](=O)[O-])ccc1Br)C(=O)O. The monoisotopic (exact) mass is 342 g/mol. The predicted molar refractivity (Wildman–Crippen MR) is 74.5 cm³/mol. The number of hydrogen-bond acceptors (Lipinski definition) is 4. The van der Waals surface area contributed by atoms with E-state index in [1.165, 1.54) is 18.2 Å². The summed E-state index contributed by atoms with van der Waals surface area (Å²) in [6.07, 6.45) is 1.41. The summed E-state index contributed by atoms with van der Waals surface area (Å²) in [4.78, 5) is 32.9. The van der Waals surface area contributed by atoms with Crippen molar-refractivity contribution in [1.82, 2.24) is 5.32 Å². The number of nitro groups is 1. The highest BCUT2D eigenvalue weighted by Crippen LogP contribution is 2.22. The Balaban J connectivity index is 3.02. The molecule has 0 aliphatic rings. The highest BCUT2D eigenvalue weighted by atomic mass is 79.9. The Morgan fingerprint density at radius 1 is 1.55 bits per heavy atom. The third kappa shape index (κ3) is 3.89. The van der Waals surface area contributed by atoms with Gasteiger partial charge in [0.1, 0.15) is 6.04 Å². The molecule has 1 aromatic carbocycles. The summed E-state index contributed by atoms with van der Waals surface area (Å²) in [5.41, 5.74) is -0.261. The van der Waals surface area contributed by atoms with Crippen LogP contribution in [0, 0.1) is 10.1 Å². The number of non-ortho nitro benzene ring substituents is 1. The predicted octanol–water partition coefficient (Wildman–Crippen LogP) is 2.12. The van der Waals surface area contributed by atoms with Gasteiger partial charge in [-0.2, -0.15) is 0 Å². The zero-order chi connectivity index (χ0) is 15.3. The Morgan fingerprint density at radius 3 is 2.70 bits per heavy atom. The van der Waals surface area contributed by atoms with Gasteiger partial charge in [0, 0.05) is 16.6 Å². The minimum Gasteiger partial charge on any atom is -0.480 e. The van der Waals surface area contributed by atoms with Crippen molar-refractivity contribution in [3.05, 3.63) is 51.0 Å². The first-order valence-corrected chi connectivity index (χ1v) is 6.24. The van der Waals surface area contributed by atoms with E-state index in [2.05, 4.69) is 27.8 Å². The van der Waals surface area contributed by atoms with Crippen molar-refractivity contribution in [3.63, 3.8) is 0 Å². The summed E-state index contributed by atoms with van der Waals surface area (Å²) in [7, 11) is 0. The molecule has 0 radical (unpaired) electrons. The molecule has 0 saturated heterocycles. The zero-order valence-corrected chi connectivity index (χ0v) is 11.8. The number of aliphatic carboxylic acids is 1. The average molecular weight is 343 g/mol. The van der Waals surface area contributed by atoms with E-state index in [1.54, 1.807) is 0 Å². The van der Waals surface area contributed by atoms with Crippen LogP contribution in [-0.2, 0) is 4.79 Å². The lowest BCUT2D eigenvalue weighted by atomic mass is 10.1. The molecule has 0 aliphatic heterocycles. The van der Waals surface area contributed by atoms with Crippen LogP contribution in [0.15, 0.2) is 35.3 Å². The fraction of sp³-hybridized carbons (Fsp3) is 0.167. The van der Waals surface area contributed by atoms with Crippen LogP contribution in [0.2, 0.25) is 0 Å². The number of benzene rings is 1. The van der Waals surface area contributed by atoms with Gasteiger partial charge in [0.05, 0.1) is 10.5 Å². The summed E-state index contributed by atoms with van der Waals surface area (Å²) in [5.74, 6) is -1.92. The van der Waals surface area contributed by atoms with Gasteiger partial charge in [-0.05, 0) is 28.4 Å². The molecule has 106 valence electrons. The third-order valence-electron chi connectivity index (χ3n) is 2.41. The van der Waals surface area contributed by atoms with E-state index in [0.29, 0.717) is 4.47 Å². The summed E-state index contributed by atoms with van der Waals surface area (Å²) in [6, 6.07) is 2.54. The van der Waals surface area contributed by atoms with Gasteiger partial charge < -0.3 is 10.4 Å². The molecule has 0 spiro atoms. The topological polar surface area (TPSA) is 110 Å². The molecule has 0 heterocycles. The molecule has 0 saturated carbocycles. The molecule has 20 heavy (non-hydrogen) atoms. The van der Waals surface area contributed by atoms with Crippen LogP contribution >= 0.6 is 15.9 Å². The molecular formula is C12H11BrN2O5. The zero-order valence-electron chi connectivity index (χ0n) is 10.2. The lowest BCUT2D eigenvalue weighted by molar-refractivity contribution is -0.384. The maximum Gasteiger partial charge on any atom is 0.326 e. The number of nitro benzene ring substituents is 1. The van der Waals surface area contributed by atoms with Gasteiger partial charge in [-0.15, -0.1) is 6.58 Å². The normalized spacial score (nSPS) is 11.4. The molecule has 2 N–H and O–H groups in total. The third-order valence-corrected chi connectivity index (χ3v) is 3.10. The number of carboxylic acid groups (broad SMARTS) is 1. The summed E-state index contributed by atoms with van der Waals surface area (Å²) in [6.45, 7) is 3.40. The van der Waals surface area contributed by atoms with Crippen molar-refractivity contribution in [2.75, 3.05) is 0 Å². The number of halogens is 1. The minimum absolute atomic E-state index is 0.00508. The molecule has 1 unspecified atom stereocenters. The lowest BCUT2D eigenvalue weighted by Gasteiger charge is -2.13. The molecular weight excluding hydrogens is 332 g/mol. The number of carbonyl (C=O) groups is 2. The smallest absolute Gasteiger partial charge is 0.326 e. The number of hydrogen-bond donors (Lipinski definition) is 2. The van der Waals surface area contributed by atoms with Gasteiger partial charge >= 0.3 is 5.97 Å². The average Bonchev–Trinajstić information content (AvgIpc) is 2.38. The molecule has 8 heteroatoms. The molecule has 1 amide bonds. The molecule has 0 fully saturated rings. The summed E-state index contributed by atoms with van der Waals surface area (Å²) in [5, 5.41) is 21.9. The number of carbonyl (C=O) groups excluding carboxylic acids is 1. The van der Waals surface area contributed by atoms with Gasteiger partial charge in [-0.25, -0.2) is 4.79 Å². The van der Waals surface area contributed by atoms with Crippen LogP contribution in [-0.4, -0.2) is 27.9 Å². The van der Waals surface area contributed by atoms with Crippen LogP contribution in [0.1, 0.15) is 16.8 Å². The van der Waals surface area contributed by atoms with E-state index < -0.39 is 22.8 Å². The molecule has 1 atom stereocenters. The molecule has 1 aromatic rings. The number of carboxylic acids is 1. The summed E-state index contributed by atoms with van der Waals surface area (Å²) >= 11 is 3.10. The quantitative estimate of drug-likeness (QED) is 0.467. The van der Waals surface area contributed by atoms with E-state index in [4.69, 9.17) is 5.11 Å². The first-order valence-electron chi connectivity index (χ1n) is 5.45. The summed E-state index contributed by atoms with van der Waals surface area (Å²) < 4.78 is 0.336. The van der Waals surface area contributed by atoms with E-state index in [-0.39, 0.29) is 17.7 Å². The fourth-order valence-electron chi connectivity index (χ4n) is 1.42. The van der Waals surface area contributed by atoms with Crippen molar-refractivity contribution in [3.8, 4) is 0 Å². The van der Waals surface area contributed by atoms with Gasteiger partial charge in [0.2, 0.25) is 0 Å². The van der Waals surface area contributed by atoms with Gasteiger partial charge in [-0.3, -0.25) is 14.9 Å². The van der Waals surface area contributed by atoms with E-state index in [0.717, 1.165) is 6.07 Å². The first-order chi connectivity index (χ1) is 9.36. The van der Waals surface area contributed by atoms with Gasteiger partial charge in [0.25, 0.3) is 11.6 Å². The van der Waals surface area contributed by atoms with E-state index in [1.807, 2.05) is 0 Å². The van der Waals surface area contributed by atoms with E-state index >= 15 is 0 Å². The van der Waals surface area contributed by atoms with Gasteiger partial charge in [-0.1, -0.05) is 6.08 Å². The van der Waals surface area contributed by atoms with Crippen molar-refractivity contribution in [2.45, 2.75) is 12.5 Å². The van der Waals surface area contributed by atoms with Crippen LogP contribution < -0.4 is 5.32 Å². The molecule has 0 bridgehead atoms. The van der Waals surface area contributed by atoms with Crippen LogP contribution in [0.4, 0.5) is 5.69 Å². The van der Waals surface area contributed by atoms with Crippen molar-refractivity contribution in [1.29, 1.82) is 0 Å². The second kappa shape index (κ2) is 6.80. The first kappa shape index (κ1) is 15.8. The largest absolute Gasteiger partial charge is 0.480 e. The molecule has 0 aromatic heterocycles. The van der Waals surface area contributed by atoms with Gasteiger partial charge in [0.15, 0.2) is 0 Å². The number of nitrogens with zero attached hydrogens (tertiary/aromatic N) is 1. The second-order valence-corrected chi connectivity index (χ2v) is 4.66. The number of rotatable bonds is 6. The Labute approximate surface area is 122 Å². The minimum atomic E-state index is -1.21. The Morgan fingerprint density at radius 2 is 2.20 bits per heavy atom. The molecule has 0 aliphatic carbocycles. The van der Waals surface area contributed by atoms with Crippen LogP contribution in [0.3, 0.4) is 0 Å². The second-order valence-electron chi connectivity index (χ2n) is 3.81. The Kier molecular flexibility index (Phi) is 5.39. The Bertz CT molecular complexity index is 573.